The molecule has 0 aliphatic heterocycles. The van der Waals surface area contributed by atoms with Crippen molar-refractivity contribution in [3.63, 3.8) is 0 Å². The molecule has 7 aromatic carbocycles. The molecule has 9 rings (SSSR count). The summed E-state index contributed by atoms with van der Waals surface area (Å²) in [4.78, 5) is 15.3. The van der Waals surface area contributed by atoms with E-state index in [9.17, 15) is 0 Å². The van der Waals surface area contributed by atoms with Crippen molar-refractivity contribution in [2.75, 3.05) is 0 Å². The Labute approximate surface area is 284 Å². The van der Waals surface area contributed by atoms with Gasteiger partial charge in [0.2, 0.25) is 5.95 Å². The smallest absolute Gasteiger partial charge is 0.238 e. The van der Waals surface area contributed by atoms with E-state index in [0.717, 1.165) is 49.6 Å². The number of hydrogen-bond acceptors (Lipinski definition) is 3. The van der Waals surface area contributed by atoms with Gasteiger partial charge in [-0.1, -0.05) is 158 Å². The van der Waals surface area contributed by atoms with Gasteiger partial charge in [-0.2, -0.15) is 9.97 Å². The minimum Gasteiger partial charge on any atom is -0.278 e. The fourth-order valence-electron chi connectivity index (χ4n) is 6.61. The molecule has 0 atom stereocenters. The predicted octanol–water partition coefficient (Wildman–Crippen LogP) is 11.3. The Balaban J connectivity index is 1.27. The summed E-state index contributed by atoms with van der Waals surface area (Å²) in [5.41, 5.74) is 10.9. The first-order valence-electron chi connectivity index (χ1n) is 16.5. The van der Waals surface area contributed by atoms with Crippen LogP contribution in [0.25, 0.3) is 83.9 Å². The van der Waals surface area contributed by atoms with E-state index in [1.165, 1.54) is 16.7 Å². The van der Waals surface area contributed by atoms with Crippen LogP contribution >= 0.6 is 0 Å². The van der Waals surface area contributed by atoms with Gasteiger partial charge >= 0.3 is 0 Å². The summed E-state index contributed by atoms with van der Waals surface area (Å²) in [6.07, 6.45) is 0. The van der Waals surface area contributed by atoms with Crippen LogP contribution in [-0.2, 0) is 0 Å². The van der Waals surface area contributed by atoms with Crippen LogP contribution in [0.15, 0.2) is 182 Å². The summed E-state index contributed by atoms with van der Waals surface area (Å²) in [6.45, 7) is 0. The summed E-state index contributed by atoms with van der Waals surface area (Å²) in [6, 6.07) is 63.4. The van der Waals surface area contributed by atoms with E-state index < -0.39 is 0 Å². The predicted molar refractivity (Wildman–Crippen MR) is 201 cm³/mol. The van der Waals surface area contributed by atoms with Crippen LogP contribution < -0.4 is 0 Å². The molecule has 0 fully saturated rings. The number of benzene rings is 7. The van der Waals surface area contributed by atoms with Gasteiger partial charge in [-0.3, -0.25) is 4.57 Å². The molecular weight excluding hydrogens is 597 g/mol. The second kappa shape index (κ2) is 12.2. The molecule has 0 unspecified atom stereocenters. The summed E-state index contributed by atoms with van der Waals surface area (Å²) in [7, 11) is 0. The monoisotopic (exact) mass is 626 g/mol. The third-order valence-corrected chi connectivity index (χ3v) is 9.09. The van der Waals surface area contributed by atoms with Crippen LogP contribution in [0.4, 0.5) is 0 Å². The van der Waals surface area contributed by atoms with Gasteiger partial charge in [0.25, 0.3) is 0 Å². The van der Waals surface area contributed by atoms with E-state index in [0.29, 0.717) is 17.6 Å². The molecule has 0 aliphatic rings. The highest BCUT2D eigenvalue weighted by Gasteiger charge is 2.19. The standard InChI is InChI=1S/C45H30N4/c1-5-13-31(14-6-1)34-21-23-36(24-22-34)44-46-43(35-19-11-4-12-20-35)47-45(48-44)49-41-27-25-37(32-15-7-2-8-16-32)29-39(41)40-30-38(26-28-42(40)49)33-17-9-3-10-18-33/h1-30H. The van der Waals surface area contributed by atoms with E-state index in [1.807, 2.05) is 36.4 Å². The van der Waals surface area contributed by atoms with Crippen molar-refractivity contribution < 1.29 is 0 Å². The Morgan fingerprint density at radius 3 is 1.06 bits per heavy atom. The van der Waals surface area contributed by atoms with Crippen LogP contribution in [-0.4, -0.2) is 19.5 Å². The largest absolute Gasteiger partial charge is 0.278 e. The summed E-state index contributed by atoms with van der Waals surface area (Å²) < 4.78 is 2.18. The number of rotatable bonds is 6. The Morgan fingerprint density at radius 2 is 0.612 bits per heavy atom. The fraction of sp³-hybridized carbons (Fsp3) is 0. The molecule has 230 valence electrons. The van der Waals surface area contributed by atoms with Crippen molar-refractivity contribution in [1.82, 2.24) is 19.5 Å². The molecule has 2 heterocycles. The molecule has 49 heavy (non-hydrogen) atoms. The molecule has 0 saturated carbocycles. The highest BCUT2D eigenvalue weighted by Crippen LogP contribution is 2.37. The Morgan fingerprint density at radius 1 is 0.286 bits per heavy atom. The second-order valence-electron chi connectivity index (χ2n) is 12.1. The lowest BCUT2D eigenvalue weighted by Crippen LogP contribution is -2.06. The summed E-state index contributed by atoms with van der Waals surface area (Å²) >= 11 is 0. The molecule has 0 bridgehead atoms. The normalized spacial score (nSPS) is 11.3. The molecule has 0 radical (unpaired) electrons. The maximum atomic E-state index is 5.18. The van der Waals surface area contributed by atoms with E-state index in [4.69, 9.17) is 15.0 Å². The van der Waals surface area contributed by atoms with Crippen molar-refractivity contribution in [3.8, 4) is 62.1 Å². The molecule has 0 N–H and O–H groups in total. The van der Waals surface area contributed by atoms with Gasteiger partial charge in [-0.15, -0.1) is 0 Å². The van der Waals surface area contributed by atoms with Crippen LogP contribution in [0.1, 0.15) is 0 Å². The maximum absolute atomic E-state index is 5.18. The van der Waals surface area contributed by atoms with E-state index >= 15 is 0 Å². The van der Waals surface area contributed by atoms with E-state index in [-0.39, 0.29) is 0 Å². The van der Waals surface area contributed by atoms with Gasteiger partial charge in [0, 0.05) is 21.9 Å². The molecule has 0 amide bonds. The second-order valence-corrected chi connectivity index (χ2v) is 12.1. The zero-order valence-corrected chi connectivity index (χ0v) is 26.6. The highest BCUT2D eigenvalue weighted by molar-refractivity contribution is 6.11. The molecule has 4 heteroatoms. The molecule has 9 aromatic rings. The lowest BCUT2D eigenvalue weighted by Gasteiger charge is -2.11. The average Bonchev–Trinajstić information content (AvgIpc) is 3.52. The SMILES string of the molecule is c1ccc(-c2ccc(-c3nc(-c4ccccc4)nc(-n4c5ccc(-c6ccccc6)cc5c5cc(-c6ccccc6)ccc54)n3)cc2)cc1. The van der Waals surface area contributed by atoms with Crippen molar-refractivity contribution >= 4 is 21.8 Å². The zero-order chi connectivity index (χ0) is 32.6. The quantitative estimate of drug-likeness (QED) is 0.184. The Kier molecular flexibility index (Phi) is 7.10. The van der Waals surface area contributed by atoms with Crippen molar-refractivity contribution in [2.45, 2.75) is 0 Å². The highest BCUT2D eigenvalue weighted by atomic mass is 15.2. The molecule has 4 nitrogen and oxygen atoms in total. The lowest BCUT2D eigenvalue weighted by atomic mass is 10.0. The average molecular weight is 627 g/mol. The molecule has 0 spiro atoms. The first kappa shape index (κ1) is 28.6. The lowest BCUT2D eigenvalue weighted by molar-refractivity contribution is 0.953. The van der Waals surface area contributed by atoms with Crippen molar-refractivity contribution in [2.24, 2.45) is 0 Å². The number of fused-ring (bicyclic) bond motifs is 3. The van der Waals surface area contributed by atoms with Crippen LogP contribution in [0, 0.1) is 0 Å². The molecule has 0 saturated heterocycles. The number of aromatic nitrogens is 4. The molecular formula is C45H30N4. The minimum absolute atomic E-state index is 0.580. The summed E-state index contributed by atoms with van der Waals surface area (Å²) in [5, 5.41) is 2.29. The van der Waals surface area contributed by atoms with Gasteiger partial charge in [0.1, 0.15) is 0 Å². The van der Waals surface area contributed by atoms with Gasteiger partial charge in [-0.05, 0) is 57.6 Å². The topological polar surface area (TPSA) is 43.6 Å². The third kappa shape index (κ3) is 5.35. The summed E-state index contributed by atoms with van der Waals surface area (Å²) in [5.74, 6) is 1.83. The third-order valence-electron chi connectivity index (χ3n) is 9.09. The van der Waals surface area contributed by atoms with Gasteiger partial charge in [0.15, 0.2) is 11.6 Å². The number of nitrogens with zero attached hydrogens (tertiary/aromatic N) is 4. The zero-order valence-electron chi connectivity index (χ0n) is 26.6. The fourth-order valence-corrected chi connectivity index (χ4v) is 6.61. The van der Waals surface area contributed by atoms with Crippen molar-refractivity contribution in [3.05, 3.63) is 182 Å². The van der Waals surface area contributed by atoms with Gasteiger partial charge < -0.3 is 0 Å². The van der Waals surface area contributed by atoms with Crippen LogP contribution in [0.2, 0.25) is 0 Å². The molecule has 0 aliphatic carbocycles. The van der Waals surface area contributed by atoms with E-state index in [1.54, 1.807) is 0 Å². The molecule has 2 aromatic heterocycles. The van der Waals surface area contributed by atoms with E-state index in [2.05, 4.69) is 150 Å². The maximum Gasteiger partial charge on any atom is 0.238 e. The minimum atomic E-state index is 0.580. The Hall–Kier alpha value is -6.65. The van der Waals surface area contributed by atoms with Crippen LogP contribution in [0.5, 0.6) is 0 Å². The van der Waals surface area contributed by atoms with Gasteiger partial charge in [-0.25, -0.2) is 4.98 Å². The Bertz CT molecular complexity index is 2460. The first-order valence-corrected chi connectivity index (χ1v) is 16.5. The van der Waals surface area contributed by atoms with Crippen molar-refractivity contribution in [1.29, 1.82) is 0 Å². The van der Waals surface area contributed by atoms with Crippen LogP contribution in [0.3, 0.4) is 0 Å². The number of hydrogen-bond donors (Lipinski definition) is 0. The first-order chi connectivity index (χ1) is 24.3. The van der Waals surface area contributed by atoms with Gasteiger partial charge in [0.05, 0.1) is 11.0 Å².